The van der Waals surface area contributed by atoms with E-state index in [0.717, 1.165) is 22.3 Å². The van der Waals surface area contributed by atoms with Gasteiger partial charge in [0, 0.05) is 52.2 Å². The number of hydrogen-bond acceptors (Lipinski definition) is 3. The van der Waals surface area contributed by atoms with Crippen molar-refractivity contribution >= 4 is 48.1 Å². The Balaban J connectivity index is 0.000000291. The zero-order chi connectivity index (χ0) is 43.5. The molecule has 0 saturated carbocycles. The predicted molar refractivity (Wildman–Crippen MR) is 256 cm³/mol. The van der Waals surface area contributed by atoms with Crippen LogP contribution in [0.25, 0.3) is 47.5 Å². The van der Waals surface area contributed by atoms with Gasteiger partial charge in [0.15, 0.2) is 5.78 Å². The molecule has 3 aromatic carbocycles. The Kier molecular flexibility index (Phi) is 14.5. The van der Waals surface area contributed by atoms with Crippen molar-refractivity contribution < 1.29 is 24.9 Å². The van der Waals surface area contributed by atoms with Crippen molar-refractivity contribution in [3.05, 3.63) is 94.1 Å². The number of nitrogens with zero attached hydrogens (tertiary/aromatic N) is 2. The maximum Gasteiger partial charge on any atom is 0.160 e. The second-order valence-electron chi connectivity index (χ2n) is 21.4. The van der Waals surface area contributed by atoms with E-state index in [1.165, 1.54) is 55.1 Å². The van der Waals surface area contributed by atoms with Crippen LogP contribution in [0, 0.1) is 47.5 Å². The Morgan fingerprint density at radius 2 is 1.36 bits per heavy atom. The predicted octanol–water partition coefficient (Wildman–Crippen LogP) is 16.1. The van der Waals surface area contributed by atoms with E-state index in [2.05, 4.69) is 178 Å². The molecule has 1 aliphatic carbocycles. The van der Waals surface area contributed by atoms with Gasteiger partial charge in [-0.2, -0.15) is 5.70 Å². The van der Waals surface area contributed by atoms with Gasteiger partial charge in [0.05, 0.1) is 0 Å². The van der Waals surface area contributed by atoms with E-state index in [9.17, 15) is 4.79 Å². The summed E-state index contributed by atoms with van der Waals surface area (Å²) in [5.74, 6) is 1.68. The number of allylic oxidation sites excluding steroid dienone is 2. The van der Waals surface area contributed by atoms with E-state index in [1.54, 1.807) is 5.56 Å². The van der Waals surface area contributed by atoms with Crippen molar-refractivity contribution in [1.82, 2.24) is 4.98 Å². The van der Waals surface area contributed by atoms with Crippen molar-refractivity contribution in [2.45, 2.75) is 154 Å². The van der Waals surface area contributed by atoms with Crippen LogP contribution in [0.5, 0.6) is 0 Å². The van der Waals surface area contributed by atoms with E-state index in [1.807, 2.05) is 30.7 Å². The number of rotatable bonds is 9. The van der Waals surface area contributed by atoms with Gasteiger partial charge in [-0.3, -0.25) is 9.78 Å². The van der Waals surface area contributed by atoms with Gasteiger partial charge in [-0.1, -0.05) is 153 Å². The van der Waals surface area contributed by atoms with E-state index < -0.39 is 0 Å². The first-order valence-electron chi connectivity index (χ1n) is 21.9. The molecule has 0 amide bonds. The normalized spacial score (nSPS) is 15.8. The maximum absolute atomic E-state index is 13.1. The Morgan fingerprint density at radius 1 is 0.797 bits per heavy atom. The smallest absolute Gasteiger partial charge is 0.160 e. The van der Waals surface area contributed by atoms with Gasteiger partial charge in [0.1, 0.15) is 0 Å². The Labute approximate surface area is 376 Å². The van der Waals surface area contributed by atoms with Crippen LogP contribution in [0.4, 0.5) is 0 Å². The summed E-state index contributed by atoms with van der Waals surface area (Å²) >= 11 is 1.92. The number of aromatic nitrogens is 1. The quantitative estimate of drug-likeness (QED) is 0.109. The number of aryl methyl sites for hydroxylation is 1. The summed E-state index contributed by atoms with van der Waals surface area (Å²) in [6.45, 7) is 40.6. The van der Waals surface area contributed by atoms with E-state index >= 15 is 0 Å². The molecule has 5 heteroatoms. The molecular weight excluding hydrogens is 917 g/mol. The first-order valence-corrected chi connectivity index (χ1v) is 22.7. The van der Waals surface area contributed by atoms with E-state index in [-0.39, 0.29) is 53.0 Å². The molecule has 5 aromatic rings. The number of fused-ring (bicyclic) bond motifs is 6. The van der Waals surface area contributed by atoms with Crippen molar-refractivity contribution in [3.8, 4) is 11.3 Å². The van der Waals surface area contributed by atoms with Gasteiger partial charge >= 0.3 is 0 Å². The van der Waals surface area contributed by atoms with Gasteiger partial charge < -0.3 is 5.32 Å². The fourth-order valence-corrected chi connectivity index (χ4v) is 10.8. The van der Waals surface area contributed by atoms with Crippen LogP contribution in [-0.2, 0) is 41.1 Å². The minimum absolute atomic E-state index is 0. The summed E-state index contributed by atoms with van der Waals surface area (Å²) in [4.78, 5) is 18.1. The van der Waals surface area contributed by atoms with Crippen LogP contribution in [-0.4, -0.2) is 17.8 Å². The first kappa shape index (κ1) is 48.8. The van der Waals surface area contributed by atoms with Gasteiger partial charge in [0.2, 0.25) is 0 Å². The fraction of sp³-hybridized carbons (Fsp3) is 0.556. The van der Waals surface area contributed by atoms with Gasteiger partial charge in [-0.15, -0.1) is 47.5 Å². The molecular formula is C54H74IrN2OS-2. The fourth-order valence-electron chi connectivity index (χ4n) is 9.56. The zero-order valence-corrected chi connectivity index (χ0v) is 43.2. The van der Waals surface area contributed by atoms with Crippen LogP contribution in [0.15, 0.2) is 60.4 Å². The topological polar surface area (TPSA) is 44.1 Å². The average Bonchev–Trinajstić information content (AvgIpc) is 3.54. The number of carbonyl (C=O) groups is 1. The summed E-state index contributed by atoms with van der Waals surface area (Å²) in [5, 5.41) is 9.77. The minimum Gasteiger partial charge on any atom is -0.690 e. The molecule has 6 rings (SSSR count). The number of benzene rings is 3. The molecule has 2 aromatic heterocycles. The summed E-state index contributed by atoms with van der Waals surface area (Å²) < 4.78 is 2.70. The van der Waals surface area contributed by atoms with Crippen LogP contribution in [0.2, 0.25) is 0 Å². The van der Waals surface area contributed by atoms with Crippen molar-refractivity contribution in [2.75, 3.05) is 7.05 Å². The molecule has 59 heavy (non-hydrogen) atoms. The third-order valence-corrected chi connectivity index (χ3v) is 16.2. The Bertz CT molecular complexity index is 2330. The van der Waals surface area contributed by atoms with Crippen LogP contribution >= 0.6 is 11.3 Å². The SMILES string of the molecule is C[N-]/C(=C\C(=O)C(C)(C(C)C)C(C)C)C(C)(C(C)C)C(C)C.Cc1cc2c(c3c1sc1c(-c4[c-]c5ccccc5c(C(C)(C)C)c4)nccc13)C(C)(C)CCC2(C)C.[Ir]. The third kappa shape index (κ3) is 8.79. The standard InChI is InChI=1S/C34H36NS.C20H39NO.Ir/c1-20-17-26-28(34(7,8)15-14-33(26,5)6)27-24-13-16-35-29(31(24)36-30(20)27)22-18-21-11-9-10-12-23(21)25(19-22)32(2,3)4;1-13(2)19(9,14(3)4)17(21-11)12-18(22)20(10,15(5)6)16(7)8;/h9-13,16-17,19H,14-15H2,1-8H3;12-16H,1-11H3,(H,21,22);/q-1;;/p-1. The molecule has 0 fully saturated rings. The maximum atomic E-state index is 13.1. The largest absolute Gasteiger partial charge is 0.690 e. The van der Waals surface area contributed by atoms with E-state index in [0.29, 0.717) is 23.7 Å². The molecule has 2 heterocycles. The van der Waals surface area contributed by atoms with Crippen molar-refractivity contribution in [2.24, 2.45) is 34.5 Å². The number of pyridine rings is 1. The van der Waals surface area contributed by atoms with Crippen LogP contribution < -0.4 is 0 Å². The second kappa shape index (κ2) is 17.5. The summed E-state index contributed by atoms with van der Waals surface area (Å²) in [5.41, 5.74) is 8.89. The first-order chi connectivity index (χ1) is 26.7. The summed E-state index contributed by atoms with van der Waals surface area (Å²) in [7, 11) is 1.81. The molecule has 0 N–H and O–H groups in total. The zero-order valence-electron chi connectivity index (χ0n) is 40.0. The number of thiophene rings is 1. The number of carbonyl (C=O) groups excluding carboxylic acids is 1. The monoisotopic (exact) mass is 992 g/mol. The molecule has 0 saturated heterocycles. The molecule has 323 valence electrons. The molecule has 0 spiro atoms. The minimum atomic E-state index is -0.342. The average molecular weight is 991 g/mol. The molecule has 0 unspecified atom stereocenters. The van der Waals surface area contributed by atoms with Gasteiger partial charge in [0.25, 0.3) is 0 Å². The van der Waals surface area contributed by atoms with Gasteiger partial charge in [-0.25, -0.2) is 0 Å². The Hall–Kier alpha value is -2.85. The van der Waals surface area contributed by atoms with Crippen molar-refractivity contribution in [1.29, 1.82) is 0 Å². The molecule has 1 aliphatic rings. The molecule has 0 atom stereocenters. The van der Waals surface area contributed by atoms with Crippen LogP contribution in [0.3, 0.4) is 0 Å². The van der Waals surface area contributed by atoms with Gasteiger partial charge in [-0.05, 0) is 99.3 Å². The number of ketones is 1. The summed E-state index contributed by atoms with van der Waals surface area (Å²) in [6, 6.07) is 19.5. The Morgan fingerprint density at radius 3 is 1.90 bits per heavy atom. The molecule has 0 bridgehead atoms. The summed E-state index contributed by atoms with van der Waals surface area (Å²) in [6.07, 6.45) is 6.29. The second-order valence-corrected chi connectivity index (χ2v) is 22.4. The molecule has 1 radical (unpaired) electrons. The van der Waals surface area contributed by atoms with Crippen molar-refractivity contribution in [3.63, 3.8) is 0 Å². The molecule has 3 nitrogen and oxygen atoms in total. The number of hydrogen-bond donors (Lipinski definition) is 0. The molecule has 0 aliphatic heterocycles. The van der Waals surface area contributed by atoms with E-state index in [4.69, 9.17) is 4.98 Å². The van der Waals surface area contributed by atoms with Crippen LogP contribution in [0.1, 0.15) is 153 Å². The third-order valence-electron chi connectivity index (χ3n) is 14.9.